The van der Waals surface area contributed by atoms with Gasteiger partial charge in [-0.2, -0.15) is 0 Å². The van der Waals surface area contributed by atoms with E-state index in [0.717, 1.165) is 42.6 Å². The molecular formula is C26H37N3O3S. The van der Waals surface area contributed by atoms with Crippen LogP contribution in [0.1, 0.15) is 54.9 Å². The number of aryl methyl sites for hydroxylation is 2. The van der Waals surface area contributed by atoms with E-state index in [0.29, 0.717) is 18.7 Å². The number of carbonyl (C=O) groups is 1. The van der Waals surface area contributed by atoms with Crippen LogP contribution in [0.3, 0.4) is 0 Å². The molecule has 1 aliphatic rings. The van der Waals surface area contributed by atoms with Gasteiger partial charge in [0.15, 0.2) is 0 Å². The third kappa shape index (κ3) is 6.81. The molecule has 7 heteroatoms. The van der Waals surface area contributed by atoms with Gasteiger partial charge in [0.2, 0.25) is 15.9 Å². The highest BCUT2D eigenvalue weighted by atomic mass is 32.2. The second-order valence-corrected chi connectivity index (χ2v) is 11.0. The van der Waals surface area contributed by atoms with Gasteiger partial charge in [0, 0.05) is 13.1 Å². The molecule has 180 valence electrons. The number of benzene rings is 2. The third-order valence-electron chi connectivity index (χ3n) is 6.20. The van der Waals surface area contributed by atoms with Crippen LogP contribution in [-0.2, 0) is 27.9 Å². The van der Waals surface area contributed by atoms with Gasteiger partial charge in [-0.15, -0.1) is 0 Å². The minimum atomic E-state index is -3.65. The Hall–Kier alpha value is -2.38. The molecule has 1 fully saturated rings. The van der Waals surface area contributed by atoms with E-state index >= 15 is 0 Å². The maximum atomic E-state index is 13.3. The highest BCUT2D eigenvalue weighted by molar-refractivity contribution is 7.92. The SMILES string of the molecule is CC[C@H](C(=O)NCc1ccccc1CN1CCCCC1)N(c1cc(C)cc(C)c1)S(C)(=O)=O. The van der Waals surface area contributed by atoms with Crippen molar-refractivity contribution in [2.24, 2.45) is 0 Å². The summed E-state index contributed by atoms with van der Waals surface area (Å²) in [6, 6.07) is 13.0. The second-order valence-electron chi connectivity index (χ2n) is 9.15. The number of hydrogen-bond acceptors (Lipinski definition) is 4. The van der Waals surface area contributed by atoms with E-state index < -0.39 is 16.1 Å². The van der Waals surface area contributed by atoms with Crippen LogP contribution in [0.4, 0.5) is 5.69 Å². The fraction of sp³-hybridized carbons (Fsp3) is 0.500. The Labute approximate surface area is 199 Å². The van der Waals surface area contributed by atoms with Gasteiger partial charge in [-0.3, -0.25) is 14.0 Å². The predicted octanol–water partition coefficient (Wildman–Crippen LogP) is 4.15. The van der Waals surface area contributed by atoms with Gasteiger partial charge in [0.05, 0.1) is 11.9 Å². The number of anilines is 1. The number of carbonyl (C=O) groups excluding carboxylic acids is 1. The number of piperidine rings is 1. The summed E-state index contributed by atoms with van der Waals surface area (Å²) in [5, 5.41) is 3.02. The molecule has 0 radical (unpaired) electrons. The summed E-state index contributed by atoms with van der Waals surface area (Å²) in [6.45, 7) is 9.17. The van der Waals surface area contributed by atoms with Crippen molar-refractivity contribution < 1.29 is 13.2 Å². The first-order valence-corrected chi connectivity index (χ1v) is 13.7. The van der Waals surface area contributed by atoms with Crippen molar-refractivity contribution in [1.29, 1.82) is 0 Å². The van der Waals surface area contributed by atoms with Crippen LogP contribution in [0.25, 0.3) is 0 Å². The smallest absolute Gasteiger partial charge is 0.244 e. The Balaban J connectivity index is 1.78. The minimum Gasteiger partial charge on any atom is -0.350 e. The topological polar surface area (TPSA) is 69.7 Å². The normalized spacial score (nSPS) is 15.8. The van der Waals surface area contributed by atoms with Crippen LogP contribution in [0.2, 0.25) is 0 Å². The highest BCUT2D eigenvalue weighted by Crippen LogP contribution is 2.25. The molecule has 1 amide bonds. The number of likely N-dealkylation sites (tertiary alicyclic amines) is 1. The van der Waals surface area contributed by atoms with E-state index in [1.807, 2.05) is 57.2 Å². The summed E-state index contributed by atoms with van der Waals surface area (Å²) < 4.78 is 26.8. The zero-order chi connectivity index (χ0) is 24.0. The molecule has 0 spiro atoms. The first-order chi connectivity index (χ1) is 15.7. The maximum Gasteiger partial charge on any atom is 0.244 e. The second kappa shape index (κ2) is 11.2. The van der Waals surface area contributed by atoms with Gasteiger partial charge < -0.3 is 5.32 Å². The zero-order valence-electron chi connectivity index (χ0n) is 20.3. The Morgan fingerprint density at radius 3 is 2.21 bits per heavy atom. The fourth-order valence-corrected chi connectivity index (χ4v) is 5.88. The number of hydrogen-bond donors (Lipinski definition) is 1. The van der Waals surface area contributed by atoms with Crippen LogP contribution >= 0.6 is 0 Å². The number of rotatable bonds is 9. The van der Waals surface area contributed by atoms with Crippen molar-refractivity contribution >= 4 is 21.6 Å². The molecular weight excluding hydrogens is 434 g/mol. The Morgan fingerprint density at radius 1 is 1.03 bits per heavy atom. The first-order valence-electron chi connectivity index (χ1n) is 11.8. The first kappa shape index (κ1) is 25.2. The lowest BCUT2D eigenvalue weighted by atomic mass is 10.0. The molecule has 0 bridgehead atoms. The molecule has 1 N–H and O–H groups in total. The highest BCUT2D eigenvalue weighted by Gasteiger charge is 2.31. The summed E-state index contributed by atoms with van der Waals surface area (Å²) in [7, 11) is -3.65. The van der Waals surface area contributed by atoms with Crippen molar-refractivity contribution in [3.8, 4) is 0 Å². The number of amides is 1. The van der Waals surface area contributed by atoms with Crippen LogP contribution < -0.4 is 9.62 Å². The molecule has 1 atom stereocenters. The number of nitrogens with zero attached hydrogens (tertiary/aromatic N) is 2. The van der Waals surface area contributed by atoms with E-state index in [4.69, 9.17) is 0 Å². The monoisotopic (exact) mass is 471 g/mol. The molecule has 0 aliphatic carbocycles. The minimum absolute atomic E-state index is 0.283. The van der Waals surface area contributed by atoms with Gasteiger partial charge in [0.25, 0.3) is 0 Å². The summed E-state index contributed by atoms with van der Waals surface area (Å²) in [6.07, 6.45) is 5.30. The zero-order valence-corrected chi connectivity index (χ0v) is 21.1. The van der Waals surface area contributed by atoms with Crippen LogP contribution in [0, 0.1) is 13.8 Å². The average molecular weight is 472 g/mol. The summed E-state index contributed by atoms with van der Waals surface area (Å²) in [5.74, 6) is -0.283. The van der Waals surface area contributed by atoms with E-state index in [2.05, 4.69) is 16.3 Å². The molecule has 1 saturated heterocycles. The third-order valence-corrected chi connectivity index (χ3v) is 7.38. The molecule has 2 aromatic rings. The molecule has 0 unspecified atom stereocenters. The van der Waals surface area contributed by atoms with Crippen molar-refractivity contribution in [3.63, 3.8) is 0 Å². The van der Waals surface area contributed by atoms with Crippen LogP contribution in [-0.4, -0.2) is 44.6 Å². The molecule has 1 heterocycles. The quantitative estimate of drug-likeness (QED) is 0.597. The molecule has 3 rings (SSSR count). The lowest BCUT2D eigenvalue weighted by molar-refractivity contribution is -0.122. The van der Waals surface area contributed by atoms with Gasteiger partial charge in [0.1, 0.15) is 6.04 Å². The standard InChI is InChI=1S/C26H37N3O3S/c1-5-25(29(33(4,31)32)24-16-20(2)15-21(3)17-24)26(30)27-18-22-11-7-8-12-23(22)19-28-13-9-6-10-14-28/h7-8,11-12,15-17,25H,5-6,9-10,13-14,18-19H2,1-4H3,(H,27,30)/t25-/m1/s1. The molecule has 6 nitrogen and oxygen atoms in total. The molecule has 1 aliphatic heterocycles. The predicted molar refractivity (Wildman–Crippen MR) is 135 cm³/mol. The van der Waals surface area contributed by atoms with Crippen molar-refractivity contribution in [3.05, 3.63) is 64.7 Å². The van der Waals surface area contributed by atoms with Gasteiger partial charge >= 0.3 is 0 Å². The lowest BCUT2D eigenvalue weighted by Crippen LogP contribution is -2.49. The maximum absolute atomic E-state index is 13.3. The Kier molecular flexibility index (Phi) is 8.54. The Morgan fingerprint density at radius 2 is 1.64 bits per heavy atom. The van der Waals surface area contributed by atoms with Crippen LogP contribution in [0.5, 0.6) is 0 Å². The Bertz CT molecular complexity index is 1040. The molecule has 33 heavy (non-hydrogen) atoms. The summed E-state index contributed by atoms with van der Waals surface area (Å²) in [5.41, 5.74) is 4.73. The van der Waals surface area contributed by atoms with E-state index in [-0.39, 0.29) is 5.91 Å². The van der Waals surface area contributed by atoms with Gasteiger partial charge in [-0.05, 0) is 80.6 Å². The van der Waals surface area contributed by atoms with Crippen molar-refractivity contribution in [2.45, 2.75) is 65.6 Å². The number of sulfonamides is 1. The van der Waals surface area contributed by atoms with Crippen molar-refractivity contribution in [1.82, 2.24) is 10.2 Å². The van der Waals surface area contributed by atoms with Gasteiger partial charge in [-0.25, -0.2) is 8.42 Å². The van der Waals surface area contributed by atoms with Gasteiger partial charge in [-0.1, -0.05) is 43.7 Å². The fourth-order valence-electron chi connectivity index (χ4n) is 4.68. The lowest BCUT2D eigenvalue weighted by Gasteiger charge is -2.31. The number of nitrogens with one attached hydrogen (secondary N) is 1. The van der Waals surface area contributed by atoms with E-state index in [1.54, 1.807) is 0 Å². The van der Waals surface area contributed by atoms with E-state index in [9.17, 15) is 13.2 Å². The van der Waals surface area contributed by atoms with Crippen LogP contribution in [0.15, 0.2) is 42.5 Å². The van der Waals surface area contributed by atoms with Crippen molar-refractivity contribution in [2.75, 3.05) is 23.7 Å². The molecule has 0 saturated carbocycles. The van der Waals surface area contributed by atoms with E-state index in [1.165, 1.54) is 29.1 Å². The molecule has 2 aromatic carbocycles. The average Bonchev–Trinajstić information content (AvgIpc) is 2.75. The largest absolute Gasteiger partial charge is 0.350 e. The summed E-state index contributed by atoms with van der Waals surface area (Å²) >= 11 is 0. The summed E-state index contributed by atoms with van der Waals surface area (Å²) in [4.78, 5) is 15.7. The molecule has 0 aromatic heterocycles.